The van der Waals surface area contributed by atoms with Crippen molar-refractivity contribution in [1.29, 1.82) is 0 Å². The maximum Gasteiger partial charge on any atom is 0.0692 e. The summed E-state index contributed by atoms with van der Waals surface area (Å²) in [5, 5.41) is 11.0. The molecule has 80 valence electrons. The van der Waals surface area contributed by atoms with Crippen LogP contribution in [0.3, 0.4) is 0 Å². The standard InChI is InChI=1S/C8H15N5.ClH/c1-4-12(5-2-9-1)7-8-13-6-3-10-11-13;/h3,6,9H,1-2,4-5,7-8H2;1H. The number of nitrogens with one attached hydrogen (secondary N) is 1. The number of halogens is 1. The molecule has 0 atom stereocenters. The fraction of sp³-hybridized carbons (Fsp3) is 0.750. The van der Waals surface area contributed by atoms with Crippen molar-refractivity contribution < 1.29 is 0 Å². The maximum absolute atomic E-state index is 3.93. The van der Waals surface area contributed by atoms with Crippen LogP contribution in [0.15, 0.2) is 12.4 Å². The van der Waals surface area contributed by atoms with Crippen molar-refractivity contribution in [2.75, 3.05) is 32.7 Å². The van der Waals surface area contributed by atoms with Crippen LogP contribution >= 0.6 is 12.4 Å². The van der Waals surface area contributed by atoms with E-state index in [0.717, 1.165) is 39.3 Å². The first kappa shape index (κ1) is 11.4. The van der Waals surface area contributed by atoms with Crippen molar-refractivity contribution in [3.63, 3.8) is 0 Å². The van der Waals surface area contributed by atoms with Gasteiger partial charge in [0.1, 0.15) is 0 Å². The van der Waals surface area contributed by atoms with Crippen molar-refractivity contribution in [2.45, 2.75) is 6.54 Å². The van der Waals surface area contributed by atoms with E-state index >= 15 is 0 Å². The lowest BCUT2D eigenvalue weighted by molar-refractivity contribution is 0.228. The molecule has 1 aromatic heterocycles. The van der Waals surface area contributed by atoms with Crippen molar-refractivity contribution in [2.24, 2.45) is 0 Å². The van der Waals surface area contributed by atoms with Gasteiger partial charge in [0.05, 0.1) is 12.7 Å². The van der Waals surface area contributed by atoms with Crippen molar-refractivity contribution in [3.8, 4) is 0 Å². The molecule has 0 unspecified atom stereocenters. The summed E-state index contributed by atoms with van der Waals surface area (Å²) in [5.41, 5.74) is 0. The number of nitrogens with zero attached hydrogens (tertiary/aromatic N) is 4. The molecule has 2 rings (SSSR count). The van der Waals surface area contributed by atoms with E-state index in [-0.39, 0.29) is 12.4 Å². The molecule has 1 N–H and O–H groups in total. The van der Waals surface area contributed by atoms with Gasteiger partial charge in [0.15, 0.2) is 0 Å². The Kier molecular flexibility index (Phi) is 4.86. The smallest absolute Gasteiger partial charge is 0.0692 e. The SMILES string of the molecule is Cl.c1cn(CCN2CCNCC2)nn1. The fourth-order valence-corrected chi connectivity index (χ4v) is 1.53. The zero-order valence-electron chi connectivity index (χ0n) is 8.09. The van der Waals surface area contributed by atoms with E-state index in [1.165, 1.54) is 0 Å². The lowest BCUT2D eigenvalue weighted by Gasteiger charge is -2.26. The largest absolute Gasteiger partial charge is 0.314 e. The normalized spacial score (nSPS) is 17.7. The van der Waals surface area contributed by atoms with Crippen LogP contribution in [-0.2, 0) is 6.54 Å². The molecule has 5 nitrogen and oxygen atoms in total. The average molecular weight is 218 g/mol. The first-order valence-electron chi connectivity index (χ1n) is 4.72. The molecular weight excluding hydrogens is 202 g/mol. The number of rotatable bonds is 3. The maximum atomic E-state index is 3.93. The number of aromatic nitrogens is 3. The van der Waals surface area contributed by atoms with Gasteiger partial charge in [0.25, 0.3) is 0 Å². The zero-order valence-corrected chi connectivity index (χ0v) is 8.91. The van der Waals surface area contributed by atoms with Gasteiger partial charge in [-0.05, 0) is 0 Å². The van der Waals surface area contributed by atoms with E-state index < -0.39 is 0 Å². The van der Waals surface area contributed by atoms with Crippen LogP contribution in [0.5, 0.6) is 0 Å². The average Bonchev–Trinajstić information content (AvgIpc) is 2.69. The molecule has 1 aliphatic rings. The minimum atomic E-state index is 0. The van der Waals surface area contributed by atoms with Crippen LogP contribution in [0, 0.1) is 0 Å². The number of piperazine rings is 1. The minimum Gasteiger partial charge on any atom is -0.314 e. The molecule has 1 saturated heterocycles. The fourth-order valence-electron chi connectivity index (χ4n) is 1.53. The van der Waals surface area contributed by atoms with E-state index in [1.807, 2.05) is 10.9 Å². The number of hydrogen-bond acceptors (Lipinski definition) is 4. The Balaban J connectivity index is 0.000000980. The summed E-state index contributed by atoms with van der Waals surface area (Å²) in [6.07, 6.45) is 3.62. The Morgan fingerprint density at radius 2 is 2.00 bits per heavy atom. The third-order valence-electron chi connectivity index (χ3n) is 2.33. The van der Waals surface area contributed by atoms with Crippen LogP contribution < -0.4 is 5.32 Å². The summed E-state index contributed by atoms with van der Waals surface area (Å²) in [6, 6.07) is 0. The topological polar surface area (TPSA) is 46.0 Å². The summed E-state index contributed by atoms with van der Waals surface area (Å²) in [6.45, 7) is 6.53. The van der Waals surface area contributed by atoms with Gasteiger partial charge in [-0.2, -0.15) is 0 Å². The monoisotopic (exact) mass is 217 g/mol. The molecule has 0 saturated carbocycles. The van der Waals surface area contributed by atoms with Gasteiger partial charge in [0, 0.05) is 38.9 Å². The summed E-state index contributed by atoms with van der Waals surface area (Å²) in [7, 11) is 0. The Labute approximate surface area is 89.9 Å². The first-order chi connectivity index (χ1) is 6.45. The van der Waals surface area contributed by atoms with Crippen LogP contribution in [0.25, 0.3) is 0 Å². The molecule has 0 spiro atoms. The minimum absolute atomic E-state index is 0. The second-order valence-corrected chi connectivity index (χ2v) is 3.26. The quantitative estimate of drug-likeness (QED) is 0.749. The zero-order chi connectivity index (χ0) is 8.93. The highest BCUT2D eigenvalue weighted by molar-refractivity contribution is 5.85. The predicted octanol–water partition coefficient (Wildman–Crippen LogP) is -0.395. The third-order valence-corrected chi connectivity index (χ3v) is 2.33. The van der Waals surface area contributed by atoms with E-state index in [9.17, 15) is 0 Å². The van der Waals surface area contributed by atoms with E-state index in [4.69, 9.17) is 0 Å². The molecule has 2 heterocycles. The van der Waals surface area contributed by atoms with Crippen molar-refractivity contribution in [1.82, 2.24) is 25.2 Å². The molecule has 0 aromatic carbocycles. The molecule has 0 radical (unpaired) electrons. The Morgan fingerprint density at radius 3 is 2.64 bits per heavy atom. The van der Waals surface area contributed by atoms with Crippen LogP contribution in [-0.4, -0.2) is 52.6 Å². The highest BCUT2D eigenvalue weighted by Gasteiger charge is 2.08. The summed E-state index contributed by atoms with van der Waals surface area (Å²) >= 11 is 0. The second-order valence-electron chi connectivity index (χ2n) is 3.26. The summed E-state index contributed by atoms with van der Waals surface area (Å²) in [4.78, 5) is 2.44. The first-order valence-corrected chi connectivity index (χ1v) is 4.72. The van der Waals surface area contributed by atoms with Gasteiger partial charge in [0.2, 0.25) is 0 Å². The molecule has 0 aliphatic carbocycles. The molecule has 6 heteroatoms. The Hall–Kier alpha value is -0.650. The van der Waals surface area contributed by atoms with Crippen LogP contribution in [0.2, 0.25) is 0 Å². The van der Waals surface area contributed by atoms with E-state index in [2.05, 4.69) is 20.5 Å². The van der Waals surface area contributed by atoms with Gasteiger partial charge >= 0.3 is 0 Å². The molecule has 0 amide bonds. The third kappa shape index (κ3) is 3.25. The molecule has 0 bridgehead atoms. The molecule has 1 aromatic rings. The van der Waals surface area contributed by atoms with Gasteiger partial charge < -0.3 is 5.32 Å². The van der Waals surface area contributed by atoms with Crippen molar-refractivity contribution >= 4 is 12.4 Å². The Morgan fingerprint density at radius 1 is 1.21 bits per heavy atom. The highest BCUT2D eigenvalue weighted by atomic mass is 35.5. The lowest BCUT2D eigenvalue weighted by atomic mass is 10.3. The number of hydrogen-bond donors (Lipinski definition) is 1. The van der Waals surface area contributed by atoms with Crippen LogP contribution in [0.4, 0.5) is 0 Å². The second kappa shape index (κ2) is 5.95. The summed E-state index contributed by atoms with van der Waals surface area (Å²) < 4.78 is 1.88. The van der Waals surface area contributed by atoms with E-state index in [1.54, 1.807) is 6.20 Å². The lowest BCUT2D eigenvalue weighted by Crippen LogP contribution is -2.44. The molecule has 1 fully saturated rings. The van der Waals surface area contributed by atoms with Gasteiger partial charge in [-0.1, -0.05) is 5.21 Å². The Bertz CT molecular complexity index is 232. The van der Waals surface area contributed by atoms with Crippen molar-refractivity contribution in [3.05, 3.63) is 12.4 Å². The molecule has 14 heavy (non-hydrogen) atoms. The van der Waals surface area contributed by atoms with E-state index in [0.29, 0.717) is 0 Å². The summed E-state index contributed by atoms with van der Waals surface area (Å²) in [5.74, 6) is 0. The van der Waals surface area contributed by atoms with Gasteiger partial charge in [-0.15, -0.1) is 17.5 Å². The van der Waals surface area contributed by atoms with Gasteiger partial charge in [-0.25, -0.2) is 0 Å². The molecule has 1 aliphatic heterocycles. The highest BCUT2D eigenvalue weighted by Crippen LogP contribution is 1.92. The van der Waals surface area contributed by atoms with Crippen LogP contribution in [0.1, 0.15) is 0 Å². The predicted molar refractivity (Wildman–Crippen MR) is 56.6 cm³/mol. The molecular formula is C8H16ClN5. The van der Waals surface area contributed by atoms with Gasteiger partial charge in [-0.3, -0.25) is 9.58 Å².